The highest BCUT2D eigenvalue weighted by Crippen LogP contribution is 2.40. The van der Waals surface area contributed by atoms with Gasteiger partial charge in [0.15, 0.2) is 0 Å². The first-order valence-electron chi connectivity index (χ1n) is 10.5. The Hall–Kier alpha value is -2.45. The zero-order chi connectivity index (χ0) is 22.0. The van der Waals surface area contributed by atoms with Crippen molar-refractivity contribution in [1.29, 1.82) is 0 Å². The van der Waals surface area contributed by atoms with Gasteiger partial charge in [-0.05, 0) is 55.9 Å². The average molecular weight is 455 g/mol. The first-order valence-corrected chi connectivity index (χ1v) is 12.3. The van der Waals surface area contributed by atoms with E-state index in [1.165, 1.54) is 28.6 Å². The van der Waals surface area contributed by atoms with Crippen LogP contribution in [0.4, 0.5) is 11.4 Å². The van der Waals surface area contributed by atoms with Crippen molar-refractivity contribution in [1.82, 2.24) is 9.97 Å². The fourth-order valence-corrected chi connectivity index (χ4v) is 6.16. The second-order valence-electron chi connectivity index (χ2n) is 7.93. The van der Waals surface area contributed by atoms with Gasteiger partial charge in [-0.15, -0.1) is 11.3 Å². The number of nitrogens with zero attached hydrogens (tertiary/aromatic N) is 2. The fourth-order valence-electron chi connectivity index (χ4n) is 3.77. The molecule has 0 fully saturated rings. The maximum Gasteiger partial charge on any atom is 0.234 e. The number of nitrogens with one attached hydrogen (secondary N) is 2. The van der Waals surface area contributed by atoms with Gasteiger partial charge in [0.05, 0.1) is 5.75 Å². The number of fused-ring (bicyclic) bond motifs is 3. The maximum absolute atomic E-state index is 12.6. The van der Waals surface area contributed by atoms with E-state index in [1.54, 1.807) is 30.4 Å². The molecule has 0 saturated carbocycles. The molecule has 2 aromatic heterocycles. The Morgan fingerprint density at radius 1 is 1.19 bits per heavy atom. The Bertz CT molecular complexity index is 1140. The Morgan fingerprint density at radius 3 is 2.68 bits per heavy atom. The number of amides is 2. The van der Waals surface area contributed by atoms with E-state index in [-0.39, 0.29) is 17.6 Å². The topological polar surface area (TPSA) is 84.0 Å². The number of hydrogen-bond acceptors (Lipinski definition) is 6. The molecule has 2 heterocycles. The summed E-state index contributed by atoms with van der Waals surface area (Å²) in [6, 6.07) is 7.19. The standard InChI is InChI=1S/C23H26N4O2S2/c1-4-19(28)26-15-6-5-7-16(11-15)27-20(29)12-30-22-21-17-9-8-13(2)10-18(17)31-23(21)25-14(3)24-22/h5-7,11,13H,4,8-10,12H2,1-3H3,(H,26,28)(H,27,29)/t13-/m0/s1. The van der Waals surface area contributed by atoms with Crippen molar-refractivity contribution in [3.8, 4) is 0 Å². The zero-order valence-corrected chi connectivity index (χ0v) is 19.6. The molecule has 0 unspecified atom stereocenters. The Labute approximate surface area is 190 Å². The molecule has 2 N–H and O–H groups in total. The van der Waals surface area contributed by atoms with E-state index in [2.05, 4.69) is 27.5 Å². The lowest BCUT2D eigenvalue weighted by Crippen LogP contribution is -2.15. The van der Waals surface area contributed by atoms with Crippen LogP contribution in [0.3, 0.4) is 0 Å². The second kappa shape index (κ2) is 9.36. The molecule has 1 aliphatic carbocycles. The molecule has 1 aliphatic rings. The van der Waals surface area contributed by atoms with Crippen LogP contribution >= 0.6 is 23.1 Å². The first-order chi connectivity index (χ1) is 14.9. The SMILES string of the molecule is CCC(=O)Nc1cccc(NC(=O)CSc2nc(C)nc3sc4c(c23)CC[C@H](C)C4)c1. The van der Waals surface area contributed by atoms with Gasteiger partial charge in [0, 0.05) is 28.1 Å². The third-order valence-corrected chi connectivity index (χ3v) is 7.45. The smallest absolute Gasteiger partial charge is 0.234 e. The summed E-state index contributed by atoms with van der Waals surface area (Å²) in [5.74, 6) is 1.54. The second-order valence-corrected chi connectivity index (χ2v) is 9.97. The van der Waals surface area contributed by atoms with Gasteiger partial charge in [-0.2, -0.15) is 0 Å². The number of aryl methyl sites for hydroxylation is 2. The minimum absolute atomic E-state index is 0.0596. The van der Waals surface area contributed by atoms with E-state index in [0.717, 1.165) is 33.9 Å². The molecule has 1 atom stereocenters. The monoisotopic (exact) mass is 454 g/mol. The van der Waals surface area contributed by atoms with Gasteiger partial charge < -0.3 is 10.6 Å². The molecule has 0 aliphatic heterocycles. The third-order valence-electron chi connectivity index (χ3n) is 5.32. The predicted molar refractivity (Wildman–Crippen MR) is 128 cm³/mol. The molecular formula is C23H26N4O2S2. The molecule has 0 bridgehead atoms. The van der Waals surface area contributed by atoms with Crippen molar-refractivity contribution < 1.29 is 9.59 Å². The highest BCUT2D eigenvalue weighted by molar-refractivity contribution is 8.00. The van der Waals surface area contributed by atoms with Crippen LogP contribution < -0.4 is 10.6 Å². The molecule has 2 amide bonds. The minimum Gasteiger partial charge on any atom is -0.326 e. The van der Waals surface area contributed by atoms with E-state index in [1.807, 2.05) is 19.1 Å². The van der Waals surface area contributed by atoms with Gasteiger partial charge in [0.2, 0.25) is 11.8 Å². The van der Waals surface area contributed by atoms with E-state index in [0.29, 0.717) is 23.7 Å². The van der Waals surface area contributed by atoms with Gasteiger partial charge >= 0.3 is 0 Å². The van der Waals surface area contributed by atoms with Crippen LogP contribution in [0.15, 0.2) is 29.3 Å². The van der Waals surface area contributed by atoms with Crippen molar-refractivity contribution in [2.24, 2.45) is 5.92 Å². The quantitative estimate of drug-likeness (QED) is 0.395. The summed E-state index contributed by atoms with van der Waals surface area (Å²) in [4.78, 5) is 36.0. The number of rotatable bonds is 6. The van der Waals surface area contributed by atoms with Crippen LogP contribution in [0.25, 0.3) is 10.2 Å². The van der Waals surface area contributed by atoms with E-state index in [4.69, 9.17) is 0 Å². The van der Waals surface area contributed by atoms with Crippen LogP contribution in [0.2, 0.25) is 0 Å². The number of benzene rings is 1. The molecule has 1 aromatic carbocycles. The number of anilines is 2. The average Bonchev–Trinajstić information content (AvgIpc) is 3.09. The van der Waals surface area contributed by atoms with E-state index < -0.39 is 0 Å². The number of carbonyl (C=O) groups excluding carboxylic acids is 2. The summed E-state index contributed by atoms with van der Waals surface area (Å²) in [7, 11) is 0. The van der Waals surface area contributed by atoms with Crippen molar-refractivity contribution in [2.75, 3.05) is 16.4 Å². The Balaban J connectivity index is 1.47. The van der Waals surface area contributed by atoms with Crippen LogP contribution in [0.5, 0.6) is 0 Å². The summed E-state index contributed by atoms with van der Waals surface area (Å²) in [5.41, 5.74) is 2.70. The van der Waals surface area contributed by atoms with Crippen LogP contribution in [0, 0.1) is 12.8 Å². The third kappa shape index (κ3) is 5.07. The molecule has 0 radical (unpaired) electrons. The van der Waals surface area contributed by atoms with Crippen molar-refractivity contribution in [3.63, 3.8) is 0 Å². The lowest BCUT2D eigenvalue weighted by Gasteiger charge is -2.18. The van der Waals surface area contributed by atoms with E-state index >= 15 is 0 Å². The molecule has 162 valence electrons. The highest BCUT2D eigenvalue weighted by Gasteiger charge is 2.24. The lowest BCUT2D eigenvalue weighted by molar-refractivity contribution is -0.116. The molecule has 4 rings (SSSR count). The van der Waals surface area contributed by atoms with Gasteiger partial charge in [-0.1, -0.05) is 31.7 Å². The molecule has 0 saturated heterocycles. The predicted octanol–water partition coefficient (Wildman–Crippen LogP) is 5.20. The molecule has 3 aromatic rings. The van der Waals surface area contributed by atoms with Gasteiger partial charge in [-0.3, -0.25) is 9.59 Å². The maximum atomic E-state index is 12.6. The number of thiophene rings is 1. The molecule has 6 nitrogen and oxygen atoms in total. The molecule has 8 heteroatoms. The fraction of sp³-hybridized carbons (Fsp3) is 0.391. The molecular weight excluding hydrogens is 428 g/mol. The molecule has 0 spiro atoms. The number of aromatic nitrogens is 2. The molecule has 31 heavy (non-hydrogen) atoms. The van der Waals surface area contributed by atoms with Crippen LogP contribution in [0.1, 0.15) is 43.0 Å². The first kappa shape index (κ1) is 21.8. The van der Waals surface area contributed by atoms with Crippen molar-refractivity contribution in [2.45, 2.75) is 51.5 Å². The number of carbonyl (C=O) groups is 2. The van der Waals surface area contributed by atoms with Gasteiger partial charge in [0.25, 0.3) is 0 Å². The largest absolute Gasteiger partial charge is 0.326 e. The number of hydrogen-bond donors (Lipinski definition) is 2. The van der Waals surface area contributed by atoms with Crippen molar-refractivity contribution >= 4 is 56.5 Å². The Kier molecular flexibility index (Phi) is 6.57. The number of thioether (sulfide) groups is 1. The normalized spacial score (nSPS) is 15.5. The van der Waals surface area contributed by atoms with Crippen LogP contribution in [-0.4, -0.2) is 27.5 Å². The summed E-state index contributed by atoms with van der Waals surface area (Å²) in [5, 5.41) is 7.76. The lowest BCUT2D eigenvalue weighted by atomic mass is 9.89. The summed E-state index contributed by atoms with van der Waals surface area (Å²) >= 11 is 3.24. The summed E-state index contributed by atoms with van der Waals surface area (Å²) in [6.07, 6.45) is 3.75. The zero-order valence-electron chi connectivity index (χ0n) is 17.9. The minimum atomic E-state index is -0.105. The summed E-state index contributed by atoms with van der Waals surface area (Å²) < 4.78 is 0. The van der Waals surface area contributed by atoms with Gasteiger partial charge in [0.1, 0.15) is 15.7 Å². The Morgan fingerprint density at radius 2 is 1.94 bits per heavy atom. The highest BCUT2D eigenvalue weighted by atomic mass is 32.2. The van der Waals surface area contributed by atoms with Crippen LogP contribution in [-0.2, 0) is 22.4 Å². The van der Waals surface area contributed by atoms with Gasteiger partial charge in [-0.25, -0.2) is 9.97 Å². The summed E-state index contributed by atoms with van der Waals surface area (Å²) in [6.45, 7) is 6.00. The van der Waals surface area contributed by atoms with Crippen molar-refractivity contribution in [3.05, 3.63) is 40.5 Å². The van der Waals surface area contributed by atoms with E-state index in [9.17, 15) is 9.59 Å².